The summed E-state index contributed by atoms with van der Waals surface area (Å²) in [7, 11) is 1.67. The number of carbonyl (C=O) groups is 2. The first-order valence-electron chi connectivity index (χ1n) is 6.82. The number of rotatable bonds is 5. The molecule has 1 fully saturated rings. The smallest absolute Gasteiger partial charge is 0.329 e. The fourth-order valence-corrected chi connectivity index (χ4v) is 2.36. The van der Waals surface area contributed by atoms with Gasteiger partial charge >= 0.3 is 12.0 Å². The maximum atomic E-state index is 12.1. The quantitative estimate of drug-likeness (QED) is 0.794. The summed E-state index contributed by atoms with van der Waals surface area (Å²) in [6, 6.07) is -0.291. The van der Waals surface area contributed by atoms with Gasteiger partial charge < -0.3 is 20.1 Å². The molecule has 6 nitrogen and oxygen atoms in total. The molecule has 0 saturated carbocycles. The largest absolute Gasteiger partial charge is 0.480 e. The van der Waals surface area contributed by atoms with Crippen molar-refractivity contribution in [2.24, 2.45) is 0 Å². The highest BCUT2D eigenvalue weighted by Gasteiger charge is 2.38. The first-order valence-corrected chi connectivity index (χ1v) is 6.82. The Bertz CT molecular complexity index is 321. The number of hydrogen-bond acceptors (Lipinski definition) is 3. The van der Waals surface area contributed by atoms with E-state index in [9.17, 15) is 14.7 Å². The Hall–Kier alpha value is -1.30. The highest BCUT2D eigenvalue weighted by Crippen LogP contribution is 2.18. The zero-order chi connectivity index (χ0) is 14.5. The van der Waals surface area contributed by atoms with E-state index in [1.807, 2.05) is 0 Å². The zero-order valence-corrected chi connectivity index (χ0v) is 11.9. The van der Waals surface area contributed by atoms with Crippen LogP contribution in [0, 0.1) is 0 Å². The summed E-state index contributed by atoms with van der Waals surface area (Å²) in [6.07, 6.45) is 2.54. The molecule has 1 aliphatic heterocycles. The lowest BCUT2D eigenvalue weighted by molar-refractivity contribution is -0.144. The van der Waals surface area contributed by atoms with Gasteiger partial charge in [-0.05, 0) is 25.7 Å². The minimum absolute atomic E-state index is 0.200. The van der Waals surface area contributed by atoms with Gasteiger partial charge in [-0.1, -0.05) is 13.8 Å². The number of piperidine rings is 1. The minimum atomic E-state index is -1.16. The number of methoxy groups -OCH3 is 1. The molecule has 0 unspecified atom stereocenters. The van der Waals surface area contributed by atoms with Gasteiger partial charge in [0.05, 0.1) is 6.10 Å². The van der Waals surface area contributed by atoms with Gasteiger partial charge in [0.25, 0.3) is 0 Å². The minimum Gasteiger partial charge on any atom is -0.480 e. The molecule has 1 saturated heterocycles. The Morgan fingerprint density at radius 2 is 1.84 bits per heavy atom. The van der Waals surface area contributed by atoms with Crippen LogP contribution in [0.5, 0.6) is 0 Å². The predicted octanol–water partition coefficient (Wildman–Crippen LogP) is 1.45. The average Bonchev–Trinajstić information content (AvgIpc) is 2.44. The summed E-state index contributed by atoms with van der Waals surface area (Å²) in [6.45, 7) is 4.76. The van der Waals surface area contributed by atoms with Gasteiger partial charge in [0.1, 0.15) is 5.54 Å². The molecule has 0 atom stereocenters. The van der Waals surface area contributed by atoms with Crippen molar-refractivity contribution in [3.63, 3.8) is 0 Å². The van der Waals surface area contributed by atoms with Crippen LogP contribution in [0.1, 0.15) is 39.5 Å². The molecule has 0 aliphatic carbocycles. The van der Waals surface area contributed by atoms with Crippen LogP contribution in [0.3, 0.4) is 0 Å². The van der Waals surface area contributed by atoms with Crippen LogP contribution in [-0.2, 0) is 9.53 Å². The van der Waals surface area contributed by atoms with Gasteiger partial charge in [0, 0.05) is 20.2 Å². The van der Waals surface area contributed by atoms with Crippen molar-refractivity contribution in [3.8, 4) is 0 Å². The van der Waals surface area contributed by atoms with E-state index in [1.165, 1.54) is 0 Å². The van der Waals surface area contributed by atoms with Crippen molar-refractivity contribution in [2.45, 2.75) is 51.2 Å². The molecular weight excluding hydrogens is 248 g/mol. The number of ether oxygens (including phenoxy) is 1. The van der Waals surface area contributed by atoms with E-state index < -0.39 is 11.5 Å². The molecule has 1 heterocycles. The molecule has 0 aromatic rings. The van der Waals surface area contributed by atoms with E-state index in [0.29, 0.717) is 25.9 Å². The van der Waals surface area contributed by atoms with E-state index in [4.69, 9.17) is 4.74 Å². The fourth-order valence-electron chi connectivity index (χ4n) is 2.36. The normalized spacial score (nSPS) is 17.3. The number of nitrogens with one attached hydrogen (secondary N) is 1. The first kappa shape index (κ1) is 15.8. The first-order chi connectivity index (χ1) is 8.99. The molecule has 2 amide bonds. The van der Waals surface area contributed by atoms with E-state index in [-0.39, 0.29) is 12.1 Å². The van der Waals surface area contributed by atoms with Crippen LogP contribution in [0.2, 0.25) is 0 Å². The van der Waals surface area contributed by atoms with Crippen molar-refractivity contribution < 1.29 is 19.4 Å². The summed E-state index contributed by atoms with van der Waals surface area (Å²) in [5.41, 5.74) is -1.16. The average molecular weight is 272 g/mol. The summed E-state index contributed by atoms with van der Waals surface area (Å²) in [5.74, 6) is -0.974. The standard InChI is InChI=1S/C13H24N2O4/c1-4-13(5-2,11(16)17)14-12(18)15-8-6-10(19-3)7-9-15/h10H,4-9H2,1-3H3,(H,14,18)(H,16,17). The molecular formula is C13H24N2O4. The Morgan fingerprint density at radius 1 is 1.32 bits per heavy atom. The topological polar surface area (TPSA) is 78.9 Å². The van der Waals surface area contributed by atoms with Crippen LogP contribution in [0.4, 0.5) is 4.79 Å². The lowest BCUT2D eigenvalue weighted by Gasteiger charge is -2.35. The van der Waals surface area contributed by atoms with Crippen molar-refractivity contribution >= 4 is 12.0 Å². The summed E-state index contributed by atoms with van der Waals surface area (Å²) < 4.78 is 5.25. The zero-order valence-electron chi connectivity index (χ0n) is 11.9. The third-order valence-electron chi connectivity index (χ3n) is 4.03. The van der Waals surface area contributed by atoms with Crippen molar-refractivity contribution in [3.05, 3.63) is 0 Å². The number of nitrogens with zero attached hydrogens (tertiary/aromatic N) is 1. The number of urea groups is 1. The van der Waals surface area contributed by atoms with Gasteiger partial charge in [-0.3, -0.25) is 0 Å². The number of carbonyl (C=O) groups excluding carboxylic acids is 1. The Kier molecular flexibility index (Phi) is 5.60. The van der Waals surface area contributed by atoms with Crippen molar-refractivity contribution in [2.75, 3.05) is 20.2 Å². The van der Waals surface area contributed by atoms with Crippen LogP contribution in [0.25, 0.3) is 0 Å². The molecule has 19 heavy (non-hydrogen) atoms. The maximum Gasteiger partial charge on any atom is 0.329 e. The number of amides is 2. The maximum absolute atomic E-state index is 12.1. The van der Waals surface area contributed by atoms with Crippen LogP contribution >= 0.6 is 0 Å². The van der Waals surface area contributed by atoms with Crippen molar-refractivity contribution in [1.82, 2.24) is 10.2 Å². The number of carboxylic acid groups (broad SMARTS) is 1. The van der Waals surface area contributed by atoms with Crippen LogP contribution in [0.15, 0.2) is 0 Å². The van der Waals surface area contributed by atoms with Gasteiger partial charge in [0.15, 0.2) is 0 Å². The van der Waals surface area contributed by atoms with Crippen molar-refractivity contribution in [1.29, 1.82) is 0 Å². The Balaban J connectivity index is 2.61. The predicted molar refractivity (Wildman–Crippen MR) is 71.1 cm³/mol. The molecule has 0 aromatic heterocycles. The van der Waals surface area contributed by atoms with Gasteiger partial charge in [-0.25, -0.2) is 9.59 Å². The number of carboxylic acids is 1. The monoisotopic (exact) mass is 272 g/mol. The van der Waals surface area contributed by atoms with Gasteiger partial charge in [-0.15, -0.1) is 0 Å². The third kappa shape index (κ3) is 3.59. The lowest BCUT2D eigenvalue weighted by Crippen LogP contribution is -2.58. The fraction of sp³-hybridized carbons (Fsp3) is 0.846. The molecule has 110 valence electrons. The SMILES string of the molecule is CCC(CC)(NC(=O)N1CCC(OC)CC1)C(=O)O. The molecule has 0 spiro atoms. The number of hydrogen-bond donors (Lipinski definition) is 2. The van der Waals surface area contributed by atoms with E-state index in [2.05, 4.69) is 5.32 Å². The third-order valence-corrected chi connectivity index (χ3v) is 4.03. The van der Waals surface area contributed by atoms with Crippen LogP contribution in [-0.4, -0.2) is 53.8 Å². The van der Waals surface area contributed by atoms with Gasteiger partial charge in [-0.2, -0.15) is 0 Å². The summed E-state index contributed by atoms with van der Waals surface area (Å²) in [5, 5.41) is 12.0. The lowest BCUT2D eigenvalue weighted by atomic mass is 9.93. The highest BCUT2D eigenvalue weighted by atomic mass is 16.5. The van der Waals surface area contributed by atoms with E-state index in [1.54, 1.807) is 25.9 Å². The number of aliphatic carboxylic acids is 1. The highest BCUT2D eigenvalue weighted by molar-refractivity contribution is 5.86. The number of likely N-dealkylation sites (tertiary alicyclic amines) is 1. The second-order valence-electron chi connectivity index (χ2n) is 4.95. The van der Waals surface area contributed by atoms with Gasteiger partial charge in [0.2, 0.25) is 0 Å². The summed E-state index contributed by atoms with van der Waals surface area (Å²) in [4.78, 5) is 25.2. The molecule has 2 N–H and O–H groups in total. The second-order valence-corrected chi connectivity index (χ2v) is 4.95. The molecule has 1 rings (SSSR count). The molecule has 0 bridgehead atoms. The molecule has 0 aromatic carbocycles. The van der Waals surface area contributed by atoms with Crippen LogP contribution < -0.4 is 5.32 Å². The molecule has 1 aliphatic rings. The second kappa shape index (κ2) is 6.75. The Morgan fingerprint density at radius 3 is 2.21 bits per heavy atom. The van der Waals surface area contributed by atoms with E-state index in [0.717, 1.165) is 12.8 Å². The molecule has 6 heteroatoms. The Labute approximate surface area is 114 Å². The molecule has 0 radical (unpaired) electrons. The summed E-state index contributed by atoms with van der Waals surface area (Å²) >= 11 is 0. The van der Waals surface area contributed by atoms with E-state index >= 15 is 0 Å².